The molecule has 0 fully saturated rings. The van der Waals surface area contributed by atoms with E-state index in [2.05, 4.69) is 15.1 Å². The van der Waals surface area contributed by atoms with Crippen molar-refractivity contribution in [3.05, 3.63) is 30.0 Å². The number of aryl methyl sites for hydroxylation is 1. The molecule has 15 heavy (non-hydrogen) atoms. The van der Waals surface area contributed by atoms with Crippen molar-refractivity contribution in [2.75, 3.05) is 0 Å². The van der Waals surface area contributed by atoms with Crippen LogP contribution in [0.4, 0.5) is 0 Å². The van der Waals surface area contributed by atoms with Crippen LogP contribution in [0.5, 0.6) is 0 Å². The Hall–Kier alpha value is -2.24. The zero-order valence-electron chi connectivity index (χ0n) is 7.84. The van der Waals surface area contributed by atoms with Gasteiger partial charge in [0.1, 0.15) is 0 Å². The van der Waals surface area contributed by atoms with E-state index in [-0.39, 0.29) is 5.82 Å². The summed E-state index contributed by atoms with van der Waals surface area (Å²) in [7, 11) is 0. The molecule has 2 aromatic rings. The van der Waals surface area contributed by atoms with Gasteiger partial charge in [0.25, 0.3) is 0 Å². The van der Waals surface area contributed by atoms with E-state index in [1.165, 1.54) is 12.4 Å². The molecule has 2 heterocycles. The topological polar surface area (TPSA) is 89.1 Å². The first kappa shape index (κ1) is 9.32. The van der Waals surface area contributed by atoms with Crippen LogP contribution in [0, 0.1) is 6.92 Å². The molecule has 0 atom stereocenters. The predicted octanol–water partition coefficient (Wildman–Crippen LogP) is 1.14. The minimum absolute atomic E-state index is 0.241. The Kier molecular flexibility index (Phi) is 2.17. The van der Waals surface area contributed by atoms with Gasteiger partial charge in [0.2, 0.25) is 5.82 Å². The summed E-state index contributed by atoms with van der Waals surface area (Å²) >= 11 is 0. The Morgan fingerprint density at radius 1 is 1.40 bits per heavy atom. The average molecular weight is 205 g/mol. The number of carboxylic acid groups (broad SMARTS) is 1. The number of aromatic carboxylic acids is 1. The smallest absolute Gasteiger partial charge is 0.373 e. The molecular weight excluding hydrogens is 198 g/mol. The molecule has 0 unspecified atom stereocenters. The summed E-state index contributed by atoms with van der Waals surface area (Å²) in [4.78, 5) is 17.8. The lowest BCUT2D eigenvalue weighted by molar-refractivity contribution is 0.0683. The first-order chi connectivity index (χ1) is 7.16. The van der Waals surface area contributed by atoms with E-state index in [1.54, 1.807) is 13.0 Å². The van der Waals surface area contributed by atoms with Crippen molar-refractivity contribution in [1.82, 2.24) is 15.1 Å². The van der Waals surface area contributed by atoms with Crippen molar-refractivity contribution in [3.8, 4) is 11.3 Å². The molecule has 0 bridgehead atoms. The second-order valence-corrected chi connectivity index (χ2v) is 2.93. The lowest BCUT2D eigenvalue weighted by Gasteiger charge is -1.94. The van der Waals surface area contributed by atoms with Crippen LogP contribution in [-0.2, 0) is 0 Å². The van der Waals surface area contributed by atoms with Crippen LogP contribution in [0.3, 0.4) is 0 Å². The third kappa shape index (κ3) is 1.83. The molecule has 2 rings (SSSR count). The molecule has 0 saturated heterocycles. The first-order valence-electron chi connectivity index (χ1n) is 4.16. The van der Waals surface area contributed by atoms with Gasteiger partial charge in [-0.3, -0.25) is 0 Å². The molecule has 6 heteroatoms. The Labute approximate surface area is 84.6 Å². The van der Waals surface area contributed by atoms with Gasteiger partial charge < -0.3 is 9.63 Å². The van der Waals surface area contributed by atoms with Crippen LogP contribution in [0.15, 0.2) is 23.0 Å². The van der Waals surface area contributed by atoms with Gasteiger partial charge in [-0.05, 0) is 6.92 Å². The van der Waals surface area contributed by atoms with Crippen LogP contribution in [0.1, 0.15) is 16.3 Å². The Morgan fingerprint density at radius 3 is 2.53 bits per heavy atom. The third-order valence-electron chi connectivity index (χ3n) is 1.76. The molecule has 0 aliphatic heterocycles. The summed E-state index contributed by atoms with van der Waals surface area (Å²) in [5.41, 5.74) is 1.34. The second-order valence-electron chi connectivity index (χ2n) is 2.93. The molecule has 0 aromatic carbocycles. The lowest BCUT2D eigenvalue weighted by atomic mass is 10.2. The molecule has 0 aliphatic rings. The minimum Gasteiger partial charge on any atom is -0.475 e. The van der Waals surface area contributed by atoms with Gasteiger partial charge in [-0.2, -0.15) is 0 Å². The highest BCUT2D eigenvalue weighted by Gasteiger charge is 2.09. The zero-order valence-corrected chi connectivity index (χ0v) is 7.84. The van der Waals surface area contributed by atoms with Gasteiger partial charge in [-0.1, -0.05) is 5.16 Å². The predicted molar refractivity (Wildman–Crippen MR) is 49.2 cm³/mol. The van der Waals surface area contributed by atoms with Crippen LogP contribution >= 0.6 is 0 Å². The second kappa shape index (κ2) is 3.49. The molecule has 76 valence electrons. The number of hydrogen-bond donors (Lipinski definition) is 1. The molecule has 1 N–H and O–H groups in total. The number of carboxylic acids is 1. The largest absolute Gasteiger partial charge is 0.475 e. The summed E-state index contributed by atoms with van der Waals surface area (Å²) < 4.78 is 4.97. The summed E-state index contributed by atoms with van der Waals surface area (Å²) in [6.07, 6.45) is 2.77. The van der Waals surface area contributed by atoms with E-state index >= 15 is 0 Å². The van der Waals surface area contributed by atoms with Crippen molar-refractivity contribution in [2.45, 2.75) is 6.92 Å². The van der Waals surface area contributed by atoms with Gasteiger partial charge in [0.15, 0.2) is 5.76 Å². The van der Waals surface area contributed by atoms with E-state index in [0.717, 1.165) is 5.69 Å². The highest BCUT2D eigenvalue weighted by Crippen LogP contribution is 2.17. The molecule has 0 aliphatic carbocycles. The fourth-order valence-corrected chi connectivity index (χ4v) is 1.07. The maximum absolute atomic E-state index is 10.5. The van der Waals surface area contributed by atoms with Crippen molar-refractivity contribution in [1.29, 1.82) is 0 Å². The molecular formula is C9H7N3O3. The minimum atomic E-state index is -1.16. The number of nitrogens with zero attached hydrogens (tertiary/aromatic N) is 3. The standard InChI is InChI=1S/C9H7N3O3/c1-5-2-7(15-12-5)6-3-10-8(9(13)14)11-4-6/h2-4H,1H3,(H,13,14). The molecule has 0 radical (unpaired) electrons. The highest BCUT2D eigenvalue weighted by molar-refractivity contribution is 5.83. The fraction of sp³-hybridized carbons (Fsp3) is 0.111. The molecule has 2 aromatic heterocycles. The summed E-state index contributed by atoms with van der Waals surface area (Å²) in [6.45, 7) is 1.79. The number of rotatable bonds is 2. The monoisotopic (exact) mass is 205 g/mol. The Bertz CT molecular complexity index is 490. The van der Waals surface area contributed by atoms with Gasteiger partial charge >= 0.3 is 5.97 Å². The van der Waals surface area contributed by atoms with Crippen molar-refractivity contribution in [3.63, 3.8) is 0 Å². The van der Waals surface area contributed by atoms with E-state index in [1.807, 2.05) is 0 Å². The molecule has 0 amide bonds. The quantitative estimate of drug-likeness (QED) is 0.790. The maximum Gasteiger partial charge on any atom is 0.373 e. The number of aromatic nitrogens is 3. The zero-order chi connectivity index (χ0) is 10.8. The van der Waals surface area contributed by atoms with E-state index < -0.39 is 5.97 Å². The van der Waals surface area contributed by atoms with E-state index in [9.17, 15) is 4.79 Å². The Balaban J connectivity index is 2.35. The van der Waals surface area contributed by atoms with Crippen molar-refractivity contribution < 1.29 is 14.4 Å². The summed E-state index contributed by atoms with van der Waals surface area (Å²) in [5, 5.41) is 12.3. The summed E-state index contributed by atoms with van der Waals surface area (Å²) in [5.74, 6) is -0.880. The number of carbonyl (C=O) groups is 1. The Morgan fingerprint density at radius 2 is 2.07 bits per heavy atom. The summed E-state index contributed by atoms with van der Waals surface area (Å²) in [6, 6.07) is 1.72. The van der Waals surface area contributed by atoms with Crippen molar-refractivity contribution >= 4 is 5.97 Å². The van der Waals surface area contributed by atoms with E-state index in [4.69, 9.17) is 9.63 Å². The number of hydrogen-bond acceptors (Lipinski definition) is 5. The van der Waals surface area contributed by atoms with Crippen LogP contribution in [0.25, 0.3) is 11.3 Å². The van der Waals surface area contributed by atoms with E-state index in [0.29, 0.717) is 11.3 Å². The lowest BCUT2D eigenvalue weighted by Crippen LogP contribution is -2.02. The van der Waals surface area contributed by atoms with Crippen LogP contribution in [-0.4, -0.2) is 26.2 Å². The van der Waals surface area contributed by atoms with Crippen molar-refractivity contribution in [2.24, 2.45) is 0 Å². The van der Waals surface area contributed by atoms with Gasteiger partial charge in [-0.25, -0.2) is 14.8 Å². The fourth-order valence-electron chi connectivity index (χ4n) is 1.07. The SMILES string of the molecule is Cc1cc(-c2cnc(C(=O)O)nc2)on1. The normalized spacial score (nSPS) is 10.2. The van der Waals surface area contributed by atoms with Gasteiger partial charge in [-0.15, -0.1) is 0 Å². The first-order valence-corrected chi connectivity index (χ1v) is 4.16. The molecule has 0 saturated carbocycles. The van der Waals surface area contributed by atoms with Gasteiger partial charge in [0.05, 0.1) is 11.3 Å². The average Bonchev–Trinajstić information content (AvgIpc) is 2.65. The van der Waals surface area contributed by atoms with Crippen LogP contribution in [0.2, 0.25) is 0 Å². The third-order valence-corrected chi connectivity index (χ3v) is 1.76. The molecule has 0 spiro atoms. The van der Waals surface area contributed by atoms with Crippen LogP contribution < -0.4 is 0 Å². The highest BCUT2D eigenvalue weighted by atomic mass is 16.5. The van der Waals surface area contributed by atoms with Gasteiger partial charge in [0, 0.05) is 18.5 Å². The molecule has 6 nitrogen and oxygen atoms in total. The maximum atomic E-state index is 10.5.